The third-order valence-electron chi connectivity index (χ3n) is 3.21. The van der Waals surface area contributed by atoms with Crippen molar-refractivity contribution in [3.05, 3.63) is 29.7 Å². The highest BCUT2D eigenvalue weighted by molar-refractivity contribution is 6.00. The summed E-state index contributed by atoms with van der Waals surface area (Å²) in [5.41, 5.74) is 7.25. The number of aromatic nitrogens is 3. The summed E-state index contributed by atoms with van der Waals surface area (Å²) >= 11 is 0. The van der Waals surface area contributed by atoms with Crippen molar-refractivity contribution < 1.29 is 4.79 Å². The van der Waals surface area contributed by atoms with Gasteiger partial charge in [-0.2, -0.15) is 5.10 Å². The van der Waals surface area contributed by atoms with Crippen molar-refractivity contribution >= 4 is 11.6 Å². The zero-order chi connectivity index (χ0) is 11.3. The van der Waals surface area contributed by atoms with Crippen LogP contribution in [0.1, 0.15) is 35.8 Å². The van der Waals surface area contributed by atoms with Gasteiger partial charge in [0, 0.05) is 17.8 Å². The van der Waals surface area contributed by atoms with Crippen LogP contribution in [0.5, 0.6) is 0 Å². The molecule has 1 amide bonds. The molecule has 5 heteroatoms. The molecule has 2 aromatic rings. The second-order valence-electron chi connectivity index (χ2n) is 4.54. The molecule has 0 saturated heterocycles. The summed E-state index contributed by atoms with van der Waals surface area (Å²) in [7, 11) is 0. The highest BCUT2D eigenvalue weighted by atomic mass is 16.1. The molecule has 0 radical (unpaired) electrons. The minimum absolute atomic E-state index is 0.0120. The molecule has 1 saturated carbocycles. The summed E-state index contributed by atoms with van der Waals surface area (Å²) in [5, 5.41) is 4.42. The SMILES string of the molecule is CC1(c2nn3cccnc3c2C(N)=O)CC1. The van der Waals surface area contributed by atoms with E-state index in [4.69, 9.17) is 5.73 Å². The average molecular weight is 216 g/mol. The lowest BCUT2D eigenvalue weighted by Gasteiger charge is -2.04. The van der Waals surface area contributed by atoms with E-state index in [9.17, 15) is 4.79 Å². The fourth-order valence-electron chi connectivity index (χ4n) is 1.96. The Morgan fingerprint density at radius 3 is 2.94 bits per heavy atom. The normalized spacial score (nSPS) is 17.6. The van der Waals surface area contributed by atoms with E-state index >= 15 is 0 Å². The van der Waals surface area contributed by atoms with Crippen LogP contribution in [0.3, 0.4) is 0 Å². The fraction of sp³-hybridized carbons (Fsp3) is 0.364. The molecule has 0 spiro atoms. The van der Waals surface area contributed by atoms with Gasteiger partial charge in [-0.1, -0.05) is 6.92 Å². The number of nitrogens with zero attached hydrogens (tertiary/aromatic N) is 3. The van der Waals surface area contributed by atoms with E-state index in [0.717, 1.165) is 18.5 Å². The Morgan fingerprint density at radius 2 is 2.31 bits per heavy atom. The number of hydrogen-bond acceptors (Lipinski definition) is 3. The van der Waals surface area contributed by atoms with Gasteiger partial charge in [-0.05, 0) is 18.9 Å². The van der Waals surface area contributed by atoms with Crippen molar-refractivity contribution in [2.24, 2.45) is 5.73 Å². The van der Waals surface area contributed by atoms with E-state index in [1.54, 1.807) is 23.0 Å². The number of amides is 1. The van der Waals surface area contributed by atoms with Gasteiger partial charge in [-0.3, -0.25) is 4.79 Å². The maximum Gasteiger partial charge on any atom is 0.254 e. The van der Waals surface area contributed by atoms with E-state index < -0.39 is 5.91 Å². The van der Waals surface area contributed by atoms with Gasteiger partial charge in [-0.25, -0.2) is 9.50 Å². The zero-order valence-corrected chi connectivity index (χ0v) is 8.97. The van der Waals surface area contributed by atoms with Gasteiger partial charge in [0.25, 0.3) is 5.91 Å². The second-order valence-corrected chi connectivity index (χ2v) is 4.54. The van der Waals surface area contributed by atoms with E-state index in [2.05, 4.69) is 17.0 Å². The molecule has 0 unspecified atom stereocenters. The lowest BCUT2D eigenvalue weighted by molar-refractivity contribution is 0.1000. The average Bonchev–Trinajstić information content (AvgIpc) is 2.88. The molecule has 0 atom stereocenters. The quantitative estimate of drug-likeness (QED) is 0.809. The predicted molar refractivity (Wildman–Crippen MR) is 58.1 cm³/mol. The smallest absolute Gasteiger partial charge is 0.254 e. The van der Waals surface area contributed by atoms with Crippen molar-refractivity contribution in [3.8, 4) is 0 Å². The van der Waals surface area contributed by atoms with Gasteiger partial charge in [-0.15, -0.1) is 0 Å². The van der Waals surface area contributed by atoms with Crippen LogP contribution in [0, 0.1) is 0 Å². The van der Waals surface area contributed by atoms with E-state index in [-0.39, 0.29) is 5.41 Å². The van der Waals surface area contributed by atoms with Gasteiger partial charge in [0.1, 0.15) is 5.56 Å². The molecule has 2 N–H and O–H groups in total. The standard InChI is InChI=1S/C11H12N4O/c1-11(3-4-11)8-7(9(12)16)10-13-5-2-6-15(10)14-8/h2,5-6H,3-4H2,1H3,(H2,12,16). The fourth-order valence-corrected chi connectivity index (χ4v) is 1.96. The number of hydrogen-bond donors (Lipinski definition) is 1. The molecule has 1 aliphatic rings. The van der Waals surface area contributed by atoms with Gasteiger partial charge in [0.15, 0.2) is 5.65 Å². The summed E-state index contributed by atoms with van der Waals surface area (Å²) in [6.45, 7) is 2.10. The molecular weight excluding hydrogens is 204 g/mol. The topological polar surface area (TPSA) is 73.3 Å². The molecule has 16 heavy (non-hydrogen) atoms. The number of carbonyl (C=O) groups is 1. The number of primary amides is 1. The van der Waals surface area contributed by atoms with Crippen molar-refractivity contribution in [3.63, 3.8) is 0 Å². The van der Waals surface area contributed by atoms with Gasteiger partial charge in [0.05, 0.1) is 5.69 Å². The van der Waals surface area contributed by atoms with Crippen LogP contribution in [0.2, 0.25) is 0 Å². The predicted octanol–water partition coefficient (Wildman–Crippen LogP) is 0.880. The molecule has 1 fully saturated rings. The highest BCUT2D eigenvalue weighted by Gasteiger charge is 2.44. The van der Waals surface area contributed by atoms with Crippen LogP contribution in [0.15, 0.2) is 18.5 Å². The molecule has 2 aromatic heterocycles. The Morgan fingerprint density at radius 1 is 1.56 bits per heavy atom. The molecule has 5 nitrogen and oxygen atoms in total. The summed E-state index contributed by atoms with van der Waals surface area (Å²) < 4.78 is 1.62. The molecular formula is C11H12N4O. The lowest BCUT2D eigenvalue weighted by atomic mass is 10.0. The Hall–Kier alpha value is -1.91. The molecule has 0 aromatic carbocycles. The minimum Gasteiger partial charge on any atom is -0.365 e. The second kappa shape index (κ2) is 2.81. The maximum atomic E-state index is 11.5. The maximum absolute atomic E-state index is 11.5. The summed E-state index contributed by atoms with van der Waals surface area (Å²) in [5.74, 6) is -0.447. The van der Waals surface area contributed by atoms with Crippen molar-refractivity contribution in [1.29, 1.82) is 0 Å². The van der Waals surface area contributed by atoms with Crippen molar-refractivity contribution in [2.45, 2.75) is 25.2 Å². The third kappa shape index (κ3) is 1.14. The van der Waals surface area contributed by atoms with Crippen molar-refractivity contribution in [1.82, 2.24) is 14.6 Å². The first-order valence-electron chi connectivity index (χ1n) is 5.25. The van der Waals surface area contributed by atoms with Crippen LogP contribution < -0.4 is 5.73 Å². The first-order valence-corrected chi connectivity index (χ1v) is 5.25. The van der Waals surface area contributed by atoms with Crippen LogP contribution >= 0.6 is 0 Å². The first-order chi connectivity index (χ1) is 7.62. The Bertz CT molecular complexity index is 583. The Kier molecular flexibility index (Phi) is 1.64. The van der Waals surface area contributed by atoms with Crippen molar-refractivity contribution in [2.75, 3.05) is 0 Å². The molecule has 3 rings (SSSR count). The van der Waals surface area contributed by atoms with Crippen LogP contribution in [-0.2, 0) is 5.41 Å². The summed E-state index contributed by atoms with van der Waals surface area (Å²) in [6, 6.07) is 1.78. The number of fused-ring (bicyclic) bond motifs is 1. The molecule has 2 heterocycles. The zero-order valence-electron chi connectivity index (χ0n) is 8.97. The number of carbonyl (C=O) groups excluding carboxylic acids is 1. The van der Waals surface area contributed by atoms with Crippen LogP contribution in [0.25, 0.3) is 5.65 Å². The van der Waals surface area contributed by atoms with Gasteiger partial charge < -0.3 is 5.73 Å². The Balaban J connectivity index is 2.35. The van der Waals surface area contributed by atoms with Gasteiger partial charge >= 0.3 is 0 Å². The van der Waals surface area contributed by atoms with E-state index in [1.165, 1.54) is 0 Å². The molecule has 0 bridgehead atoms. The minimum atomic E-state index is -0.447. The molecule has 82 valence electrons. The highest BCUT2D eigenvalue weighted by Crippen LogP contribution is 2.48. The monoisotopic (exact) mass is 216 g/mol. The first kappa shape index (κ1) is 9.33. The number of rotatable bonds is 2. The largest absolute Gasteiger partial charge is 0.365 e. The van der Waals surface area contributed by atoms with E-state index in [1.807, 2.05) is 0 Å². The third-order valence-corrected chi connectivity index (χ3v) is 3.21. The molecule has 0 aliphatic heterocycles. The van der Waals surface area contributed by atoms with Crippen LogP contribution in [0.4, 0.5) is 0 Å². The summed E-state index contributed by atoms with van der Waals surface area (Å²) in [6.07, 6.45) is 5.53. The molecule has 1 aliphatic carbocycles. The number of nitrogens with two attached hydrogens (primary N) is 1. The summed E-state index contributed by atoms with van der Waals surface area (Å²) in [4.78, 5) is 15.7. The Labute approximate surface area is 92.3 Å². The van der Waals surface area contributed by atoms with E-state index in [0.29, 0.717) is 11.2 Å². The van der Waals surface area contributed by atoms with Crippen LogP contribution in [-0.4, -0.2) is 20.5 Å². The lowest BCUT2D eigenvalue weighted by Crippen LogP contribution is -2.16. The van der Waals surface area contributed by atoms with Gasteiger partial charge in [0.2, 0.25) is 0 Å².